The van der Waals surface area contributed by atoms with Gasteiger partial charge in [-0.2, -0.15) is 0 Å². The summed E-state index contributed by atoms with van der Waals surface area (Å²) >= 11 is 0. The smallest absolute Gasteiger partial charge is 0.222 e. The molecule has 0 N–H and O–H groups in total. The molecule has 17 heavy (non-hydrogen) atoms. The molecule has 94 valence electrons. The van der Waals surface area contributed by atoms with Crippen LogP contribution in [-0.2, 0) is 20.4 Å². The highest BCUT2D eigenvalue weighted by atomic mass is 32.2. The van der Waals surface area contributed by atoms with Gasteiger partial charge in [-0.3, -0.25) is 4.79 Å². The number of carbonyl (C=O) groups is 1. The number of hydrogen-bond acceptors (Lipinski definition) is 4. The van der Waals surface area contributed by atoms with Crippen molar-refractivity contribution in [2.75, 3.05) is 13.1 Å². The molecule has 1 saturated heterocycles. The van der Waals surface area contributed by atoms with E-state index in [0.29, 0.717) is 25.3 Å². The fourth-order valence-electron chi connectivity index (χ4n) is 1.80. The summed E-state index contributed by atoms with van der Waals surface area (Å²) in [5, 5.41) is -0.442. The van der Waals surface area contributed by atoms with Gasteiger partial charge in [-0.05, 0) is 12.1 Å². The van der Waals surface area contributed by atoms with E-state index < -0.39 is 15.1 Å². The first-order valence-corrected chi connectivity index (χ1v) is 7.26. The van der Waals surface area contributed by atoms with Crippen molar-refractivity contribution in [3.8, 4) is 0 Å². The van der Waals surface area contributed by atoms with E-state index in [9.17, 15) is 13.2 Å². The zero-order valence-corrected chi connectivity index (χ0v) is 10.4. The maximum Gasteiger partial charge on any atom is 0.222 e. The molecule has 0 saturated carbocycles. The van der Waals surface area contributed by atoms with Crippen LogP contribution in [0.1, 0.15) is 19.1 Å². The van der Waals surface area contributed by atoms with Crippen LogP contribution in [0.2, 0.25) is 0 Å². The van der Waals surface area contributed by atoms with Crippen molar-refractivity contribution in [1.82, 2.24) is 4.90 Å². The van der Waals surface area contributed by atoms with Crippen molar-refractivity contribution in [1.29, 1.82) is 0 Å². The standard InChI is InChI=1S/C11H15NO4S/c1-2-11(13)12-6-10(7-12)17(14,15)8-9-4-3-5-16-9/h3-5,10H,2,6-8H2,1H3. The second-order valence-corrected chi connectivity index (χ2v) is 6.44. The van der Waals surface area contributed by atoms with Crippen molar-refractivity contribution in [2.24, 2.45) is 0 Å². The fraction of sp³-hybridized carbons (Fsp3) is 0.545. The molecule has 0 bridgehead atoms. The molecule has 1 aliphatic rings. The first-order chi connectivity index (χ1) is 8.03. The zero-order valence-electron chi connectivity index (χ0n) is 9.63. The number of sulfone groups is 1. The molecule has 0 aromatic carbocycles. The molecule has 0 radical (unpaired) electrons. The average Bonchev–Trinajstić information content (AvgIpc) is 2.66. The van der Waals surface area contributed by atoms with Crippen LogP contribution in [0.5, 0.6) is 0 Å². The van der Waals surface area contributed by atoms with Gasteiger partial charge in [0.15, 0.2) is 9.84 Å². The monoisotopic (exact) mass is 257 g/mol. The topological polar surface area (TPSA) is 67.6 Å². The zero-order chi connectivity index (χ0) is 12.5. The predicted molar refractivity (Wildman–Crippen MR) is 62.0 cm³/mol. The molecule has 6 heteroatoms. The highest BCUT2D eigenvalue weighted by Crippen LogP contribution is 2.21. The first-order valence-electron chi connectivity index (χ1n) is 5.54. The van der Waals surface area contributed by atoms with Crippen LogP contribution in [-0.4, -0.2) is 37.6 Å². The first kappa shape index (κ1) is 12.2. The third-order valence-corrected chi connectivity index (χ3v) is 4.94. The highest BCUT2D eigenvalue weighted by molar-refractivity contribution is 7.91. The Morgan fingerprint density at radius 3 is 2.76 bits per heavy atom. The minimum atomic E-state index is -3.21. The van der Waals surface area contributed by atoms with Gasteiger partial charge in [-0.1, -0.05) is 6.92 Å². The van der Waals surface area contributed by atoms with Crippen molar-refractivity contribution in [2.45, 2.75) is 24.3 Å². The Morgan fingerprint density at radius 2 is 2.24 bits per heavy atom. The van der Waals surface area contributed by atoms with Crippen LogP contribution < -0.4 is 0 Å². The average molecular weight is 257 g/mol. The lowest BCUT2D eigenvalue weighted by atomic mass is 10.2. The van der Waals surface area contributed by atoms with Crippen LogP contribution >= 0.6 is 0 Å². The second-order valence-electron chi connectivity index (χ2n) is 4.16. The lowest BCUT2D eigenvalue weighted by Crippen LogP contribution is -2.56. The largest absolute Gasteiger partial charge is 0.468 e. The molecule has 2 heterocycles. The molecule has 1 aromatic rings. The minimum absolute atomic E-state index is 0.00875. The molecule has 0 atom stereocenters. The number of amides is 1. The van der Waals surface area contributed by atoms with Crippen LogP contribution in [0.3, 0.4) is 0 Å². The molecule has 1 amide bonds. The minimum Gasteiger partial charge on any atom is -0.468 e. The Hall–Kier alpha value is -1.30. The Balaban J connectivity index is 1.94. The van der Waals surface area contributed by atoms with E-state index in [1.54, 1.807) is 24.0 Å². The number of likely N-dealkylation sites (tertiary alicyclic amines) is 1. The number of carbonyl (C=O) groups excluding carboxylic acids is 1. The normalized spacial score (nSPS) is 16.9. The van der Waals surface area contributed by atoms with Gasteiger partial charge in [0, 0.05) is 19.5 Å². The Morgan fingerprint density at radius 1 is 1.53 bits per heavy atom. The number of rotatable bonds is 4. The Kier molecular flexibility index (Phi) is 3.24. The summed E-state index contributed by atoms with van der Waals surface area (Å²) in [5.41, 5.74) is 0. The van der Waals surface area contributed by atoms with Gasteiger partial charge < -0.3 is 9.32 Å². The quantitative estimate of drug-likeness (QED) is 0.800. The fourth-order valence-corrected chi connectivity index (χ4v) is 3.41. The van der Waals surface area contributed by atoms with E-state index in [1.807, 2.05) is 0 Å². The van der Waals surface area contributed by atoms with Crippen molar-refractivity contribution in [3.05, 3.63) is 24.2 Å². The molecular formula is C11H15NO4S. The van der Waals surface area contributed by atoms with E-state index in [1.165, 1.54) is 6.26 Å². The van der Waals surface area contributed by atoms with Gasteiger partial charge in [0.2, 0.25) is 5.91 Å². The summed E-state index contributed by atoms with van der Waals surface area (Å²) < 4.78 is 28.9. The molecule has 1 aromatic heterocycles. The molecule has 0 unspecified atom stereocenters. The van der Waals surface area contributed by atoms with Gasteiger partial charge in [-0.25, -0.2) is 8.42 Å². The Labute approximate surface area is 100 Å². The molecule has 2 rings (SSSR count). The summed E-state index contributed by atoms with van der Waals surface area (Å²) in [7, 11) is -3.21. The summed E-state index contributed by atoms with van der Waals surface area (Å²) in [6.07, 6.45) is 1.88. The number of nitrogens with zero attached hydrogens (tertiary/aromatic N) is 1. The molecule has 0 aliphatic carbocycles. The van der Waals surface area contributed by atoms with Crippen molar-refractivity contribution >= 4 is 15.7 Å². The predicted octanol–water partition coefficient (Wildman–Crippen LogP) is 0.815. The van der Waals surface area contributed by atoms with E-state index >= 15 is 0 Å². The van der Waals surface area contributed by atoms with Crippen molar-refractivity contribution in [3.63, 3.8) is 0 Å². The van der Waals surface area contributed by atoms with Gasteiger partial charge >= 0.3 is 0 Å². The van der Waals surface area contributed by atoms with Gasteiger partial charge in [-0.15, -0.1) is 0 Å². The lowest BCUT2D eigenvalue weighted by Gasteiger charge is -2.38. The molecule has 0 spiro atoms. The Bertz CT molecular complexity index is 486. The van der Waals surface area contributed by atoms with Gasteiger partial charge in [0.1, 0.15) is 11.5 Å². The van der Waals surface area contributed by atoms with Crippen LogP contribution in [0, 0.1) is 0 Å². The van der Waals surface area contributed by atoms with E-state index in [0.717, 1.165) is 0 Å². The summed E-state index contributed by atoms with van der Waals surface area (Å²) in [4.78, 5) is 12.9. The molecule has 1 fully saturated rings. The van der Waals surface area contributed by atoms with Crippen molar-refractivity contribution < 1.29 is 17.6 Å². The van der Waals surface area contributed by atoms with Crippen LogP contribution in [0.25, 0.3) is 0 Å². The van der Waals surface area contributed by atoms with Gasteiger partial charge in [0.25, 0.3) is 0 Å². The maximum absolute atomic E-state index is 11.9. The highest BCUT2D eigenvalue weighted by Gasteiger charge is 2.39. The van der Waals surface area contributed by atoms with E-state index in [2.05, 4.69) is 0 Å². The molecular weight excluding hydrogens is 242 g/mol. The number of hydrogen-bond donors (Lipinski definition) is 0. The third-order valence-electron chi connectivity index (χ3n) is 2.93. The third kappa shape index (κ3) is 2.52. The summed E-state index contributed by atoms with van der Waals surface area (Å²) in [6.45, 7) is 2.40. The maximum atomic E-state index is 11.9. The summed E-state index contributed by atoms with van der Waals surface area (Å²) in [6, 6.07) is 3.31. The van der Waals surface area contributed by atoms with Crippen LogP contribution in [0.15, 0.2) is 22.8 Å². The van der Waals surface area contributed by atoms with E-state index in [-0.39, 0.29) is 11.7 Å². The van der Waals surface area contributed by atoms with Crippen LogP contribution in [0.4, 0.5) is 0 Å². The summed E-state index contributed by atoms with van der Waals surface area (Å²) in [5.74, 6) is 0.374. The van der Waals surface area contributed by atoms with E-state index in [4.69, 9.17) is 4.42 Å². The molecule has 1 aliphatic heterocycles. The second kappa shape index (κ2) is 4.52. The number of furan rings is 1. The van der Waals surface area contributed by atoms with Gasteiger partial charge in [0.05, 0.1) is 11.5 Å². The SMILES string of the molecule is CCC(=O)N1CC(S(=O)(=O)Cc2ccco2)C1. The molecule has 5 nitrogen and oxygen atoms in total. The lowest BCUT2D eigenvalue weighted by molar-refractivity contribution is -0.133.